The van der Waals surface area contributed by atoms with E-state index in [2.05, 4.69) is 0 Å². The van der Waals surface area contributed by atoms with Gasteiger partial charge in [0.25, 0.3) is 0 Å². The summed E-state index contributed by atoms with van der Waals surface area (Å²) in [6, 6.07) is 10.6. The number of hydrogen-bond acceptors (Lipinski definition) is 5. The summed E-state index contributed by atoms with van der Waals surface area (Å²) >= 11 is 6.00. The summed E-state index contributed by atoms with van der Waals surface area (Å²) in [7, 11) is 3.09. The van der Waals surface area contributed by atoms with Crippen molar-refractivity contribution in [2.75, 3.05) is 14.2 Å². The molecule has 0 spiro atoms. The number of methoxy groups -OCH3 is 2. The van der Waals surface area contributed by atoms with Gasteiger partial charge in [0.1, 0.15) is 17.1 Å². The van der Waals surface area contributed by atoms with Crippen LogP contribution in [0.15, 0.2) is 46.6 Å². The normalized spacial score (nSPS) is 14.3. The second kappa shape index (κ2) is 6.67. The minimum absolute atomic E-state index is 0.0766. The minimum atomic E-state index is -0.111. The number of hydrogen-bond donors (Lipinski definition) is 1. The molecule has 1 aromatic heterocycles. The van der Waals surface area contributed by atoms with Crippen molar-refractivity contribution in [3.8, 4) is 22.8 Å². The first-order chi connectivity index (χ1) is 13.0. The van der Waals surface area contributed by atoms with E-state index in [1.807, 2.05) is 12.1 Å². The van der Waals surface area contributed by atoms with E-state index in [4.69, 9.17) is 25.5 Å². The molecule has 5 nitrogen and oxygen atoms in total. The Morgan fingerprint density at radius 2 is 1.70 bits per heavy atom. The summed E-state index contributed by atoms with van der Waals surface area (Å²) in [5, 5.41) is 11.6. The number of ether oxygens (including phenoxy) is 2. The number of allylic oxidation sites excluding steroid dienone is 2. The molecule has 6 heteroatoms. The average molecular weight is 385 g/mol. The van der Waals surface area contributed by atoms with Crippen LogP contribution in [0.1, 0.15) is 18.4 Å². The van der Waals surface area contributed by atoms with Crippen molar-refractivity contribution in [2.24, 2.45) is 0 Å². The lowest BCUT2D eigenvalue weighted by molar-refractivity contribution is -0.113. The molecule has 1 aliphatic rings. The minimum Gasteiger partial charge on any atom is -0.512 e. The van der Waals surface area contributed by atoms with E-state index >= 15 is 0 Å². The van der Waals surface area contributed by atoms with Crippen LogP contribution in [0.3, 0.4) is 0 Å². The van der Waals surface area contributed by atoms with Gasteiger partial charge in [-0.1, -0.05) is 11.6 Å². The van der Waals surface area contributed by atoms with Crippen LogP contribution < -0.4 is 9.47 Å². The molecular formula is C21H17ClO5. The van der Waals surface area contributed by atoms with Crippen LogP contribution in [-0.4, -0.2) is 25.1 Å². The van der Waals surface area contributed by atoms with Gasteiger partial charge in [0.05, 0.1) is 19.8 Å². The maximum atomic E-state index is 12.5. The quantitative estimate of drug-likeness (QED) is 0.652. The van der Waals surface area contributed by atoms with Crippen LogP contribution in [-0.2, 0) is 4.79 Å². The van der Waals surface area contributed by atoms with Crippen LogP contribution in [0.5, 0.6) is 11.5 Å². The topological polar surface area (TPSA) is 68.9 Å². The fourth-order valence-corrected chi connectivity index (χ4v) is 3.53. The van der Waals surface area contributed by atoms with Gasteiger partial charge in [-0.15, -0.1) is 0 Å². The lowest BCUT2D eigenvalue weighted by Crippen LogP contribution is -1.97. The highest BCUT2D eigenvalue weighted by atomic mass is 35.5. The maximum absolute atomic E-state index is 12.5. The van der Waals surface area contributed by atoms with Crippen molar-refractivity contribution in [1.29, 1.82) is 0 Å². The molecule has 0 amide bonds. The number of aliphatic hydroxyl groups excluding tert-OH is 1. The number of aliphatic hydroxyl groups is 1. The number of rotatable bonds is 4. The van der Waals surface area contributed by atoms with Gasteiger partial charge < -0.3 is 19.0 Å². The smallest absolute Gasteiger partial charge is 0.167 e. The third kappa shape index (κ3) is 2.84. The Hall–Kier alpha value is -2.92. The average Bonchev–Trinajstić information content (AvgIpc) is 3.19. The lowest BCUT2D eigenvalue weighted by Gasteiger charge is -2.08. The molecule has 1 N–H and O–H groups in total. The van der Waals surface area contributed by atoms with Crippen molar-refractivity contribution < 1.29 is 23.8 Å². The van der Waals surface area contributed by atoms with E-state index in [0.29, 0.717) is 50.8 Å². The zero-order valence-electron chi connectivity index (χ0n) is 14.8. The number of ketones is 1. The van der Waals surface area contributed by atoms with Crippen molar-refractivity contribution in [1.82, 2.24) is 0 Å². The van der Waals surface area contributed by atoms with E-state index < -0.39 is 0 Å². The molecule has 0 radical (unpaired) electrons. The monoisotopic (exact) mass is 384 g/mol. The number of furan rings is 1. The Morgan fingerprint density at radius 1 is 1.04 bits per heavy atom. The standard InChI is InChI=1S/C21H17ClO5/c1-25-17-9-13-16(10-18(17)26-2)27-21(11-3-5-12(22)6-4-11)19(13)20-14(23)7-8-15(20)24/h3-6,9-10,23H,7-8H2,1-2H3. The Bertz CT molecular complexity index is 1080. The molecule has 0 saturated heterocycles. The highest BCUT2D eigenvalue weighted by molar-refractivity contribution is 6.30. The predicted octanol–water partition coefficient (Wildman–Crippen LogP) is 5.40. The summed E-state index contributed by atoms with van der Waals surface area (Å²) in [6.45, 7) is 0. The second-order valence-corrected chi connectivity index (χ2v) is 6.70. The molecule has 0 unspecified atom stereocenters. The number of carbonyl (C=O) groups excluding carboxylic acids is 1. The summed E-state index contributed by atoms with van der Waals surface area (Å²) in [4.78, 5) is 12.5. The lowest BCUT2D eigenvalue weighted by atomic mass is 9.97. The van der Waals surface area contributed by atoms with Crippen LogP contribution in [0.25, 0.3) is 27.9 Å². The summed E-state index contributed by atoms with van der Waals surface area (Å²) < 4.78 is 16.9. The second-order valence-electron chi connectivity index (χ2n) is 6.26. The fraction of sp³-hybridized carbons (Fsp3) is 0.190. The molecule has 1 aliphatic carbocycles. The van der Waals surface area contributed by atoms with Gasteiger partial charge in [-0.05, 0) is 30.3 Å². The molecular weight excluding hydrogens is 368 g/mol. The van der Waals surface area contributed by atoms with E-state index in [1.54, 1.807) is 38.5 Å². The maximum Gasteiger partial charge on any atom is 0.167 e. The van der Waals surface area contributed by atoms with Crippen LogP contribution >= 0.6 is 11.6 Å². The molecule has 0 bridgehead atoms. The first kappa shape index (κ1) is 17.5. The zero-order valence-corrected chi connectivity index (χ0v) is 15.6. The van der Waals surface area contributed by atoms with Crippen molar-refractivity contribution >= 4 is 33.9 Å². The van der Waals surface area contributed by atoms with Gasteiger partial charge in [-0.3, -0.25) is 4.79 Å². The van der Waals surface area contributed by atoms with E-state index in [-0.39, 0.29) is 18.0 Å². The Labute approximate surface area is 160 Å². The highest BCUT2D eigenvalue weighted by Crippen LogP contribution is 2.45. The van der Waals surface area contributed by atoms with E-state index in [1.165, 1.54) is 0 Å². The van der Waals surface area contributed by atoms with Gasteiger partial charge >= 0.3 is 0 Å². The fourth-order valence-electron chi connectivity index (χ4n) is 3.40. The molecule has 0 fully saturated rings. The predicted molar refractivity (Wildman–Crippen MR) is 104 cm³/mol. The Balaban J connectivity index is 2.07. The molecule has 2 aromatic carbocycles. The SMILES string of the molecule is COc1cc2oc(-c3ccc(Cl)cc3)c(C3=C(O)CCC3=O)c2cc1OC. The summed E-state index contributed by atoms with van der Waals surface area (Å²) in [5.74, 6) is 1.49. The van der Waals surface area contributed by atoms with Crippen molar-refractivity contribution in [3.63, 3.8) is 0 Å². The Morgan fingerprint density at radius 3 is 2.30 bits per heavy atom. The zero-order chi connectivity index (χ0) is 19.1. The third-order valence-corrected chi connectivity index (χ3v) is 4.96. The first-order valence-electron chi connectivity index (χ1n) is 8.43. The van der Waals surface area contributed by atoms with E-state index in [0.717, 1.165) is 5.56 Å². The van der Waals surface area contributed by atoms with Crippen molar-refractivity contribution in [3.05, 3.63) is 52.7 Å². The van der Waals surface area contributed by atoms with E-state index in [9.17, 15) is 9.90 Å². The molecule has 4 rings (SSSR count). The van der Waals surface area contributed by atoms with Crippen LogP contribution in [0.4, 0.5) is 0 Å². The number of fused-ring (bicyclic) bond motifs is 1. The summed E-state index contributed by atoms with van der Waals surface area (Å²) in [5.41, 5.74) is 2.15. The molecule has 1 heterocycles. The van der Waals surface area contributed by atoms with Crippen molar-refractivity contribution in [2.45, 2.75) is 12.8 Å². The number of carbonyl (C=O) groups is 1. The van der Waals surface area contributed by atoms with Gasteiger partial charge in [-0.25, -0.2) is 0 Å². The molecule has 27 heavy (non-hydrogen) atoms. The Kier molecular flexibility index (Phi) is 4.32. The van der Waals surface area contributed by atoms with Gasteiger partial charge in [0, 0.05) is 40.4 Å². The molecule has 0 aliphatic heterocycles. The number of halogens is 1. The third-order valence-electron chi connectivity index (χ3n) is 4.71. The number of benzene rings is 2. The van der Waals surface area contributed by atoms with Crippen LogP contribution in [0.2, 0.25) is 5.02 Å². The molecule has 138 valence electrons. The van der Waals surface area contributed by atoms with Crippen LogP contribution in [0, 0.1) is 0 Å². The molecule has 3 aromatic rings. The largest absolute Gasteiger partial charge is 0.512 e. The molecule has 0 atom stereocenters. The summed E-state index contributed by atoms with van der Waals surface area (Å²) in [6.07, 6.45) is 0.607. The van der Waals surface area contributed by atoms with Gasteiger partial charge in [0.2, 0.25) is 0 Å². The molecule has 0 saturated carbocycles. The van der Waals surface area contributed by atoms with Gasteiger partial charge in [-0.2, -0.15) is 0 Å². The number of Topliss-reactive ketones (excluding diaryl/α,β-unsaturated/α-hetero) is 1. The van der Waals surface area contributed by atoms with Gasteiger partial charge in [0.15, 0.2) is 17.3 Å². The first-order valence-corrected chi connectivity index (χ1v) is 8.81. The highest BCUT2D eigenvalue weighted by Gasteiger charge is 2.31.